The lowest BCUT2D eigenvalue weighted by atomic mass is 10.4. The third-order valence-electron chi connectivity index (χ3n) is 1.25. The molecular formula is C7H9NO3S. The van der Waals surface area contributed by atoms with Crippen LogP contribution in [0.5, 0.6) is 5.75 Å². The molecule has 0 bridgehead atoms. The second-order valence-corrected chi connectivity index (χ2v) is 2.87. The fourth-order valence-corrected chi connectivity index (χ4v) is 1.51. The maximum Gasteiger partial charge on any atom is 0.288 e. The van der Waals surface area contributed by atoms with Gasteiger partial charge in [-0.15, -0.1) is 11.3 Å². The van der Waals surface area contributed by atoms with Gasteiger partial charge in [0.15, 0.2) is 0 Å². The molecular weight excluding hydrogens is 178 g/mol. The number of carbonyl (C=O) groups excluding carboxylic acids is 1. The Morgan fingerprint density at radius 3 is 2.92 bits per heavy atom. The smallest absolute Gasteiger partial charge is 0.288 e. The Bertz CT molecular complexity index is 271. The molecule has 0 atom stereocenters. The highest BCUT2D eigenvalue weighted by Gasteiger charge is 2.12. The largest absolute Gasteiger partial charge is 0.495 e. The number of thiophene rings is 1. The number of nitrogens with one attached hydrogen (secondary N) is 1. The Morgan fingerprint density at radius 2 is 2.33 bits per heavy atom. The van der Waals surface area contributed by atoms with Crippen LogP contribution in [0.4, 0.5) is 0 Å². The minimum atomic E-state index is -0.288. The second kappa shape index (κ2) is 4.08. The average Bonchev–Trinajstić information content (AvgIpc) is 2.51. The van der Waals surface area contributed by atoms with Crippen molar-refractivity contribution >= 4 is 17.2 Å². The minimum Gasteiger partial charge on any atom is -0.495 e. The van der Waals surface area contributed by atoms with Gasteiger partial charge in [0, 0.05) is 0 Å². The van der Waals surface area contributed by atoms with Crippen molar-refractivity contribution in [1.29, 1.82) is 0 Å². The molecule has 5 heteroatoms. The predicted octanol–water partition coefficient (Wildman–Crippen LogP) is 1.05. The van der Waals surface area contributed by atoms with E-state index < -0.39 is 0 Å². The van der Waals surface area contributed by atoms with Crippen LogP contribution in [-0.4, -0.2) is 20.1 Å². The number of methoxy groups -OCH3 is 1. The SMILES string of the molecule is CONC(=O)c1sccc1OC. The zero-order chi connectivity index (χ0) is 8.97. The number of ether oxygens (including phenoxy) is 1. The van der Waals surface area contributed by atoms with E-state index in [1.54, 1.807) is 11.4 Å². The van der Waals surface area contributed by atoms with E-state index in [1.165, 1.54) is 25.6 Å². The van der Waals surface area contributed by atoms with Crippen molar-refractivity contribution in [2.45, 2.75) is 0 Å². The number of rotatable bonds is 3. The molecule has 0 saturated heterocycles. The summed E-state index contributed by atoms with van der Waals surface area (Å²) in [5.74, 6) is 0.277. The monoisotopic (exact) mass is 187 g/mol. The molecule has 1 heterocycles. The van der Waals surface area contributed by atoms with Crippen LogP contribution in [0.25, 0.3) is 0 Å². The molecule has 0 aliphatic rings. The zero-order valence-corrected chi connectivity index (χ0v) is 7.60. The van der Waals surface area contributed by atoms with Crippen LogP contribution in [0.15, 0.2) is 11.4 Å². The Balaban J connectivity index is 2.79. The van der Waals surface area contributed by atoms with Crippen molar-refractivity contribution in [2.24, 2.45) is 0 Å². The third-order valence-corrected chi connectivity index (χ3v) is 2.14. The van der Waals surface area contributed by atoms with Gasteiger partial charge in [-0.25, -0.2) is 5.48 Å². The Morgan fingerprint density at radius 1 is 1.58 bits per heavy atom. The summed E-state index contributed by atoms with van der Waals surface area (Å²) in [7, 11) is 2.91. The number of carbonyl (C=O) groups is 1. The molecule has 1 amide bonds. The van der Waals surface area contributed by atoms with Gasteiger partial charge in [-0.05, 0) is 11.4 Å². The molecule has 0 fully saturated rings. The number of hydrogen-bond donors (Lipinski definition) is 1. The molecule has 0 radical (unpaired) electrons. The molecule has 4 nitrogen and oxygen atoms in total. The van der Waals surface area contributed by atoms with Crippen molar-refractivity contribution in [3.05, 3.63) is 16.3 Å². The Hall–Kier alpha value is -1.07. The number of hydrogen-bond acceptors (Lipinski definition) is 4. The van der Waals surface area contributed by atoms with Gasteiger partial charge in [-0.2, -0.15) is 0 Å². The summed E-state index contributed by atoms with van der Waals surface area (Å²) in [6.07, 6.45) is 0. The van der Waals surface area contributed by atoms with E-state index >= 15 is 0 Å². The van der Waals surface area contributed by atoms with Gasteiger partial charge < -0.3 is 4.74 Å². The molecule has 0 aromatic carbocycles. The fraction of sp³-hybridized carbons (Fsp3) is 0.286. The van der Waals surface area contributed by atoms with E-state index in [9.17, 15) is 4.79 Å². The summed E-state index contributed by atoms with van der Waals surface area (Å²) in [5.41, 5.74) is 2.21. The van der Waals surface area contributed by atoms with E-state index in [2.05, 4.69) is 10.3 Å². The summed E-state index contributed by atoms with van der Waals surface area (Å²) in [6, 6.07) is 1.73. The van der Waals surface area contributed by atoms with Crippen LogP contribution in [-0.2, 0) is 4.84 Å². The standard InChI is InChI=1S/C7H9NO3S/c1-10-5-3-4-12-6(5)7(9)8-11-2/h3-4H,1-2H3,(H,8,9). The quantitative estimate of drug-likeness (QED) is 0.719. The minimum absolute atomic E-state index is 0.288. The lowest BCUT2D eigenvalue weighted by molar-refractivity contribution is 0.0539. The molecule has 66 valence electrons. The first-order valence-electron chi connectivity index (χ1n) is 3.24. The van der Waals surface area contributed by atoms with Crippen LogP contribution in [0.1, 0.15) is 9.67 Å². The van der Waals surface area contributed by atoms with Gasteiger partial charge in [-0.1, -0.05) is 0 Å². The van der Waals surface area contributed by atoms with Crippen LogP contribution >= 0.6 is 11.3 Å². The van der Waals surface area contributed by atoms with Crippen LogP contribution < -0.4 is 10.2 Å². The van der Waals surface area contributed by atoms with Crippen molar-refractivity contribution in [1.82, 2.24) is 5.48 Å². The van der Waals surface area contributed by atoms with Crippen molar-refractivity contribution in [3.63, 3.8) is 0 Å². The van der Waals surface area contributed by atoms with Gasteiger partial charge in [0.1, 0.15) is 10.6 Å². The van der Waals surface area contributed by atoms with E-state index in [-0.39, 0.29) is 5.91 Å². The van der Waals surface area contributed by atoms with E-state index in [4.69, 9.17) is 4.74 Å². The van der Waals surface area contributed by atoms with Crippen LogP contribution in [0.3, 0.4) is 0 Å². The summed E-state index contributed by atoms with van der Waals surface area (Å²) in [5, 5.41) is 1.78. The van der Waals surface area contributed by atoms with Gasteiger partial charge >= 0.3 is 0 Å². The number of amides is 1. The maximum atomic E-state index is 11.2. The highest BCUT2D eigenvalue weighted by atomic mass is 32.1. The van der Waals surface area contributed by atoms with Gasteiger partial charge in [0.05, 0.1) is 14.2 Å². The van der Waals surface area contributed by atoms with E-state index in [0.29, 0.717) is 10.6 Å². The third kappa shape index (κ3) is 1.75. The summed E-state index contributed by atoms with van der Waals surface area (Å²) < 4.78 is 4.95. The van der Waals surface area contributed by atoms with Crippen molar-refractivity contribution in [3.8, 4) is 5.75 Å². The average molecular weight is 187 g/mol. The summed E-state index contributed by atoms with van der Waals surface area (Å²) in [6.45, 7) is 0. The lowest BCUT2D eigenvalue weighted by Gasteiger charge is -2.01. The molecule has 0 saturated carbocycles. The molecule has 1 N–H and O–H groups in total. The molecule has 1 aromatic heterocycles. The summed E-state index contributed by atoms with van der Waals surface area (Å²) in [4.78, 5) is 16.2. The lowest BCUT2D eigenvalue weighted by Crippen LogP contribution is -2.21. The number of hydroxylamine groups is 1. The van der Waals surface area contributed by atoms with Crippen molar-refractivity contribution < 1.29 is 14.4 Å². The normalized spacial score (nSPS) is 9.50. The van der Waals surface area contributed by atoms with Gasteiger partial charge in [0.25, 0.3) is 5.91 Å². The van der Waals surface area contributed by atoms with E-state index in [1.807, 2.05) is 0 Å². The Labute approximate surface area is 74.1 Å². The first kappa shape index (κ1) is 9.02. The molecule has 0 spiro atoms. The Kier molecular flexibility index (Phi) is 3.07. The summed E-state index contributed by atoms with van der Waals surface area (Å²) >= 11 is 1.31. The fourth-order valence-electron chi connectivity index (χ4n) is 0.763. The zero-order valence-electron chi connectivity index (χ0n) is 6.79. The van der Waals surface area contributed by atoms with Crippen molar-refractivity contribution in [2.75, 3.05) is 14.2 Å². The molecule has 1 aromatic rings. The second-order valence-electron chi connectivity index (χ2n) is 1.95. The highest BCUT2D eigenvalue weighted by molar-refractivity contribution is 7.12. The molecule has 0 aliphatic heterocycles. The molecule has 0 unspecified atom stereocenters. The topological polar surface area (TPSA) is 47.6 Å². The first-order chi connectivity index (χ1) is 5.79. The first-order valence-corrected chi connectivity index (χ1v) is 4.12. The molecule has 1 rings (SSSR count). The van der Waals surface area contributed by atoms with E-state index in [0.717, 1.165) is 0 Å². The van der Waals surface area contributed by atoms with Crippen LogP contribution in [0, 0.1) is 0 Å². The van der Waals surface area contributed by atoms with Gasteiger partial charge in [-0.3, -0.25) is 9.63 Å². The molecule has 0 aliphatic carbocycles. The molecule has 12 heavy (non-hydrogen) atoms. The highest BCUT2D eigenvalue weighted by Crippen LogP contribution is 2.23. The van der Waals surface area contributed by atoms with Gasteiger partial charge in [0.2, 0.25) is 0 Å². The predicted molar refractivity (Wildman–Crippen MR) is 45.3 cm³/mol. The van der Waals surface area contributed by atoms with Crippen LogP contribution in [0.2, 0.25) is 0 Å². The maximum absolute atomic E-state index is 11.2.